The van der Waals surface area contributed by atoms with Gasteiger partial charge in [-0.2, -0.15) is 0 Å². The van der Waals surface area contributed by atoms with Gasteiger partial charge in [0.1, 0.15) is 0 Å². The predicted molar refractivity (Wildman–Crippen MR) is 164 cm³/mol. The summed E-state index contributed by atoms with van der Waals surface area (Å²) in [7, 11) is 0. The lowest BCUT2D eigenvalue weighted by Crippen LogP contribution is -2.29. The van der Waals surface area contributed by atoms with Gasteiger partial charge < -0.3 is 0 Å². The molecule has 7 rings (SSSR count). The van der Waals surface area contributed by atoms with E-state index >= 15 is 0 Å². The Kier molecular flexibility index (Phi) is 5.56. The van der Waals surface area contributed by atoms with Gasteiger partial charge in [0.25, 0.3) is 0 Å². The van der Waals surface area contributed by atoms with Crippen LogP contribution in [0.3, 0.4) is 0 Å². The first-order chi connectivity index (χ1) is 19.1. The fraction of sp³-hybridized carbons (Fsp3) is 0.0769. The predicted octanol–water partition coefficient (Wildman–Crippen LogP) is 10.0. The highest BCUT2D eigenvalue weighted by Gasteiger charge is 2.46. The number of hydrogen-bond acceptors (Lipinski definition) is 0. The third kappa shape index (κ3) is 3.75. The Balaban J connectivity index is 1.59. The van der Waals surface area contributed by atoms with Crippen LogP contribution >= 0.6 is 0 Å². The van der Waals surface area contributed by atoms with E-state index < -0.39 is 5.41 Å². The van der Waals surface area contributed by atoms with E-state index in [0.29, 0.717) is 0 Å². The van der Waals surface area contributed by atoms with Crippen molar-refractivity contribution < 1.29 is 0 Å². The molecule has 0 nitrogen and oxygen atoms in total. The van der Waals surface area contributed by atoms with Crippen LogP contribution < -0.4 is 0 Å². The van der Waals surface area contributed by atoms with Gasteiger partial charge >= 0.3 is 0 Å². The summed E-state index contributed by atoms with van der Waals surface area (Å²) < 4.78 is 0. The minimum Gasteiger partial charge on any atom is -0.0622 e. The second kappa shape index (κ2) is 9.26. The fourth-order valence-corrected chi connectivity index (χ4v) is 6.47. The highest BCUT2D eigenvalue weighted by atomic mass is 14.5. The lowest BCUT2D eigenvalue weighted by molar-refractivity contribution is 0.767. The summed E-state index contributed by atoms with van der Waals surface area (Å²) in [5.41, 5.74) is 15.0. The number of fused-ring (bicyclic) bond motifs is 3. The van der Waals surface area contributed by atoms with Crippen LogP contribution in [-0.2, 0) is 5.41 Å². The normalized spacial score (nSPS) is 13.1. The molecule has 0 aliphatic heterocycles. The van der Waals surface area contributed by atoms with Crippen molar-refractivity contribution in [3.05, 3.63) is 179 Å². The van der Waals surface area contributed by atoms with Crippen LogP contribution in [0.2, 0.25) is 0 Å². The summed E-state index contributed by atoms with van der Waals surface area (Å²) in [5, 5.41) is 0. The highest BCUT2D eigenvalue weighted by molar-refractivity contribution is 5.87. The van der Waals surface area contributed by atoms with Gasteiger partial charge in [-0.25, -0.2) is 0 Å². The molecular weight excluding hydrogens is 468 g/mol. The Morgan fingerprint density at radius 3 is 1.21 bits per heavy atom. The standard InChI is InChI=1S/C39H30/c1-27-19-21-35-36-22-20-28(2)24-38(36)39(37(35)23-27,33-17-9-15-31(25-33)29-11-5-3-6-12-29)34-18-10-16-32(26-34)30-13-7-4-8-14-30/h3-26H,1-2H3. The molecule has 0 unspecified atom stereocenters. The van der Waals surface area contributed by atoms with Crippen molar-refractivity contribution >= 4 is 0 Å². The maximum Gasteiger partial charge on any atom is 0.0714 e. The second-order valence-corrected chi connectivity index (χ2v) is 10.7. The van der Waals surface area contributed by atoms with Crippen LogP contribution in [0.1, 0.15) is 33.4 Å². The average molecular weight is 499 g/mol. The molecule has 0 atom stereocenters. The molecule has 0 N–H and O–H groups in total. The molecule has 0 bridgehead atoms. The maximum atomic E-state index is 2.41. The zero-order valence-corrected chi connectivity index (χ0v) is 22.4. The van der Waals surface area contributed by atoms with Gasteiger partial charge in [-0.05, 0) is 81.6 Å². The van der Waals surface area contributed by atoms with Gasteiger partial charge in [0.05, 0.1) is 5.41 Å². The van der Waals surface area contributed by atoms with Crippen molar-refractivity contribution in [2.45, 2.75) is 19.3 Å². The van der Waals surface area contributed by atoms with E-state index in [4.69, 9.17) is 0 Å². The third-order valence-corrected chi connectivity index (χ3v) is 8.25. The first kappa shape index (κ1) is 23.4. The van der Waals surface area contributed by atoms with E-state index in [-0.39, 0.29) is 0 Å². The van der Waals surface area contributed by atoms with Gasteiger partial charge in [0.2, 0.25) is 0 Å². The minimum absolute atomic E-state index is 0.432. The van der Waals surface area contributed by atoms with Crippen LogP contribution in [0.15, 0.2) is 146 Å². The second-order valence-electron chi connectivity index (χ2n) is 10.7. The average Bonchev–Trinajstić information content (AvgIpc) is 3.27. The summed E-state index contributed by atoms with van der Waals surface area (Å²) in [6.07, 6.45) is 0. The largest absolute Gasteiger partial charge is 0.0714 e. The molecule has 0 saturated carbocycles. The van der Waals surface area contributed by atoms with E-state index in [9.17, 15) is 0 Å². The zero-order chi connectivity index (χ0) is 26.4. The van der Waals surface area contributed by atoms with E-state index in [1.54, 1.807) is 0 Å². The molecule has 1 aliphatic carbocycles. The Morgan fingerprint density at radius 1 is 0.359 bits per heavy atom. The molecule has 186 valence electrons. The van der Waals surface area contributed by atoms with Crippen molar-refractivity contribution in [2.24, 2.45) is 0 Å². The first-order valence-electron chi connectivity index (χ1n) is 13.7. The van der Waals surface area contributed by atoms with Crippen LogP contribution in [0.5, 0.6) is 0 Å². The summed E-state index contributed by atoms with van der Waals surface area (Å²) in [4.78, 5) is 0. The lowest BCUT2D eigenvalue weighted by Gasteiger charge is -2.35. The summed E-state index contributed by atoms with van der Waals surface area (Å²) >= 11 is 0. The molecule has 6 aromatic carbocycles. The lowest BCUT2D eigenvalue weighted by atomic mass is 9.66. The summed E-state index contributed by atoms with van der Waals surface area (Å²) in [6.45, 7) is 4.42. The topological polar surface area (TPSA) is 0 Å². The molecule has 39 heavy (non-hydrogen) atoms. The van der Waals surface area contributed by atoms with Crippen molar-refractivity contribution in [1.82, 2.24) is 0 Å². The van der Waals surface area contributed by atoms with Crippen molar-refractivity contribution in [1.29, 1.82) is 0 Å². The number of hydrogen-bond donors (Lipinski definition) is 0. The molecule has 0 radical (unpaired) electrons. The minimum atomic E-state index is -0.432. The Morgan fingerprint density at radius 2 is 0.769 bits per heavy atom. The SMILES string of the molecule is Cc1ccc2c(c1)C(c1cccc(-c3ccccc3)c1)(c1cccc(-c3ccccc3)c1)c1cc(C)ccc1-2. The molecule has 0 spiro atoms. The summed E-state index contributed by atoms with van der Waals surface area (Å²) in [6, 6.07) is 53.8. The molecule has 6 aromatic rings. The van der Waals surface area contributed by atoms with Crippen molar-refractivity contribution in [3.63, 3.8) is 0 Å². The maximum absolute atomic E-state index is 2.41. The summed E-state index contributed by atoms with van der Waals surface area (Å²) in [5.74, 6) is 0. The molecule has 1 aliphatic rings. The Hall–Kier alpha value is -4.68. The van der Waals surface area contributed by atoms with Gasteiger partial charge in [-0.1, -0.05) is 145 Å². The Labute approximate surface area is 231 Å². The smallest absolute Gasteiger partial charge is 0.0622 e. The van der Waals surface area contributed by atoms with Gasteiger partial charge in [0, 0.05) is 0 Å². The van der Waals surface area contributed by atoms with Crippen LogP contribution in [-0.4, -0.2) is 0 Å². The van der Waals surface area contributed by atoms with E-state index in [0.717, 1.165) is 0 Å². The quantitative estimate of drug-likeness (QED) is 0.226. The van der Waals surface area contributed by atoms with Crippen LogP contribution in [0.4, 0.5) is 0 Å². The zero-order valence-electron chi connectivity index (χ0n) is 22.4. The fourth-order valence-electron chi connectivity index (χ4n) is 6.47. The molecule has 0 amide bonds. The molecular formula is C39H30. The number of benzene rings is 6. The van der Waals surface area contributed by atoms with Crippen molar-refractivity contribution in [2.75, 3.05) is 0 Å². The van der Waals surface area contributed by atoms with E-state index in [1.165, 1.54) is 66.8 Å². The van der Waals surface area contributed by atoms with Crippen molar-refractivity contribution in [3.8, 4) is 33.4 Å². The van der Waals surface area contributed by atoms with E-state index in [1.807, 2.05) is 0 Å². The molecule has 0 aromatic heterocycles. The molecule has 0 fully saturated rings. The van der Waals surface area contributed by atoms with Crippen LogP contribution in [0.25, 0.3) is 33.4 Å². The monoisotopic (exact) mass is 498 g/mol. The Bertz CT molecular complexity index is 1670. The number of aryl methyl sites for hydroxylation is 2. The van der Waals surface area contributed by atoms with Gasteiger partial charge in [0.15, 0.2) is 0 Å². The first-order valence-corrected chi connectivity index (χ1v) is 13.7. The van der Waals surface area contributed by atoms with Gasteiger partial charge in [-0.15, -0.1) is 0 Å². The van der Waals surface area contributed by atoms with Gasteiger partial charge in [-0.3, -0.25) is 0 Å². The van der Waals surface area contributed by atoms with E-state index in [2.05, 4.69) is 159 Å². The molecule has 0 heterocycles. The molecule has 0 saturated heterocycles. The van der Waals surface area contributed by atoms with Crippen LogP contribution in [0, 0.1) is 13.8 Å². The number of rotatable bonds is 4. The molecule has 0 heteroatoms. The third-order valence-electron chi connectivity index (χ3n) is 8.25. The highest BCUT2D eigenvalue weighted by Crippen LogP contribution is 2.57.